The molecule has 0 bridgehead atoms. The molecule has 0 spiro atoms. The molecule has 0 radical (unpaired) electrons. The molecule has 0 aliphatic rings. The van der Waals surface area contributed by atoms with E-state index >= 15 is 0 Å². The molecule has 60 heavy (non-hydrogen) atoms. The molecule has 0 aromatic heterocycles. The molecule has 7 amide bonds. The van der Waals surface area contributed by atoms with Gasteiger partial charge in [0.15, 0.2) is 5.96 Å². The second-order valence-corrected chi connectivity index (χ2v) is 14.8. The zero-order valence-electron chi connectivity index (χ0n) is 34.7. The predicted octanol–water partition coefficient (Wildman–Crippen LogP) is -4.69. The highest BCUT2D eigenvalue weighted by Gasteiger charge is 2.35. The van der Waals surface area contributed by atoms with Gasteiger partial charge < -0.3 is 75.9 Å². The maximum atomic E-state index is 13.8. The molecule has 0 saturated carbocycles. The second kappa shape index (κ2) is 28.7. The number of hydrogen-bond acceptors (Lipinski definition) is 13. The number of aliphatic hydroxyl groups excluding tert-OH is 1. The number of rotatable bonds is 31. The molecular weight excluding hydrogens is 792 g/mol. The molecule has 0 saturated heterocycles. The average Bonchev–Trinajstić information content (AvgIpc) is 3.16. The summed E-state index contributed by atoms with van der Waals surface area (Å²) in [6.07, 6.45) is -0.0970. The number of carboxylic acids is 2. The normalized spacial score (nSPS) is 15.0. The van der Waals surface area contributed by atoms with Crippen molar-refractivity contribution in [1.82, 2.24) is 31.9 Å². The van der Waals surface area contributed by atoms with E-state index in [2.05, 4.69) is 36.9 Å². The number of primary amides is 1. The number of hydrogen-bond donors (Lipinski definition) is 14. The number of guanidine groups is 1. The van der Waals surface area contributed by atoms with Gasteiger partial charge in [0, 0.05) is 13.0 Å². The Kier molecular flexibility index (Phi) is 26.1. The van der Waals surface area contributed by atoms with Crippen LogP contribution in [0.3, 0.4) is 0 Å². The molecule has 0 rings (SSSR count). The number of aliphatic hydroxyl groups is 1. The number of carbonyl (C=O) groups excluding carboxylic acids is 7. The maximum Gasteiger partial charge on any atom is 0.326 e. The van der Waals surface area contributed by atoms with Gasteiger partial charge in [0.2, 0.25) is 41.4 Å². The molecular formula is C36H66N12O12. The lowest BCUT2D eigenvalue weighted by atomic mass is 9.96. The summed E-state index contributed by atoms with van der Waals surface area (Å²) >= 11 is 0. The molecule has 8 atom stereocenters. The Labute approximate surface area is 348 Å². The summed E-state index contributed by atoms with van der Waals surface area (Å²) in [6, 6.07) is -9.86. The number of carboxylic acid groups (broad SMARTS) is 2. The van der Waals surface area contributed by atoms with E-state index in [0.717, 1.165) is 0 Å². The Morgan fingerprint density at radius 1 is 0.633 bits per heavy atom. The van der Waals surface area contributed by atoms with Crippen molar-refractivity contribution in [3.8, 4) is 0 Å². The maximum absolute atomic E-state index is 13.8. The van der Waals surface area contributed by atoms with Crippen LogP contribution in [0.5, 0.6) is 0 Å². The minimum Gasteiger partial charge on any atom is -0.481 e. The fraction of sp³-hybridized carbons (Fsp3) is 0.722. The quantitative estimate of drug-likeness (QED) is 0.0177. The summed E-state index contributed by atoms with van der Waals surface area (Å²) in [7, 11) is 0. The summed E-state index contributed by atoms with van der Waals surface area (Å²) in [6.45, 7) is 6.23. The summed E-state index contributed by atoms with van der Waals surface area (Å²) in [4.78, 5) is 118. The number of aliphatic carboxylic acids is 2. The molecule has 0 fully saturated rings. The lowest BCUT2D eigenvalue weighted by Crippen LogP contribution is -2.61. The van der Waals surface area contributed by atoms with E-state index < -0.39 is 121 Å². The van der Waals surface area contributed by atoms with Gasteiger partial charge in [-0.3, -0.25) is 43.3 Å². The van der Waals surface area contributed by atoms with Crippen LogP contribution in [0, 0.1) is 11.8 Å². The van der Waals surface area contributed by atoms with Crippen molar-refractivity contribution in [1.29, 1.82) is 0 Å². The SMILES string of the molecule is CC[C@H](C)[C@H](NC(=O)[C@H](CC(C)C)NC(=O)[C@H](CCCCN)NC(=O)[C@H](CO)NC(=O)[C@H](CCCN=C(N)N)NC(=O)[C@@H](N)CCC(=O)O)C(=O)N[C@@H](CC(N)=O)C(=O)O. The van der Waals surface area contributed by atoms with E-state index in [1.54, 1.807) is 27.7 Å². The summed E-state index contributed by atoms with van der Waals surface area (Å²) < 4.78 is 0. The van der Waals surface area contributed by atoms with E-state index in [-0.39, 0.29) is 57.1 Å². The molecule has 0 heterocycles. The van der Waals surface area contributed by atoms with E-state index in [1.165, 1.54) is 0 Å². The molecule has 0 aliphatic heterocycles. The lowest BCUT2D eigenvalue weighted by molar-refractivity contribution is -0.144. The molecule has 0 aromatic rings. The molecule has 0 aromatic carbocycles. The molecule has 0 unspecified atom stereocenters. The first-order valence-electron chi connectivity index (χ1n) is 19.7. The smallest absolute Gasteiger partial charge is 0.326 e. The van der Waals surface area contributed by atoms with Gasteiger partial charge in [0.1, 0.15) is 36.3 Å². The van der Waals surface area contributed by atoms with Gasteiger partial charge in [-0.25, -0.2) is 4.79 Å². The summed E-state index contributed by atoms with van der Waals surface area (Å²) in [5.74, 6) is -9.99. The largest absolute Gasteiger partial charge is 0.481 e. The Morgan fingerprint density at radius 2 is 1.13 bits per heavy atom. The van der Waals surface area contributed by atoms with Crippen LogP contribution in [0.15, 0.2) is 4.99 Å². The first kappa shape index (κ1) is 54.4. The average molecular weight is 859 g/mol. The number of unbranched alkanes of at least 4 members (excludes halogenated alkanes) is 1. The third-order valence-electron chi connectivity index (χ3n) is 9.13. The van der Waals surface area contributed by atoms with Crippen molar-refractivity contribution < 1.29 is 58.5 Å². The molecule has 24 nitrogen and oxygen atoms in total. The lowest BCUT2D eigenvalue weighted by Gasteiger charge is -2.29. The predicted molar refractivity (Wildman–Crippen MR) is 217 cm³/mol. The molecule has 24 heteroatoms. The van der Waals surface area contributed by atoms with E-state index in [0.29, 0.717) is 19.3 Å². The van der Waals surface area contributed by atoms with Crippen LogP contribution in [0.4, 0.5) is 0 Å². The van der Waals surface area contributed by atoms with Crippen LogP contribution in [0.25, 0.3) is 0 Å². The first-order chi connectivity index (χ1) is 28.1. The zero-order chi connectivity index (χ0) is 46.1. The highest BCUT2D eigenvalue weighted by Crippen LogP contribution is 2.13. The van der Waals surface area contributed by atoms with E-state index in [1.807, 2.05) is 0 Å². The number of nitrogens with two attached hydrogens (primary N) is 5. The van der Waals surface area contributed by atoms with Crippen LogP contribution in [0.2, 0.25) is 0 Å². The molecule has 342 valence electrons. The van der Waals surface area contributed by atoms with Crippen LogP contribution in [0.1, 0.15) is 91.9 Å². The number of amides is 7. The number of nitrogens with one attached hydrogen (secondary N) is 6. The monoisotopic (exact) mass is 858 g/mol. The Hall–Kier alpha value is -5.62. The first-order valence-corrected chi connectivity index (χ1v) is 19.7. The van der Waals surface area contributed by atoms with Crippen molar-refractivity contribution in [2.45, 2.75) is 134 Å². The standard InChI is InChI=1S/C36H66N12O12/c1-5-19(4)28(34(58)46-24(35(59)60)16-26(39)50)48-32(56)23(15-18(2)3)45-30(54)21(9-6-7-13-37)44-33(57)25(17-49)47-31(55)22(10-8-14-42-36(40)41)43-29(53)20(38)11-12-27(51)52/h18-25,28,49H,5-17,37-38H2,1-4H3,(H2,39,50)(H,43,53)(H,44,57)(H,45,54)(H,46,58)(H,47,55)(H,48,56)(H,51,52)(H,59,60)(H4,40,41,42)/t19-,20-,21-,22-,23-,24-,25-,28-/m0/s1. The number of carbonyl (C=O) groups is 9. The van der Waals surface area contributed by atoms with Gasteiger partial charge in [0.05, 0.1) is 19.1 Å². The van der Waals surface area contributed by atoms with E-state index in [9.17, 15) is 53.4 Å². The van der Waals surface area contributed by atoms with Crippen LogP contribution in [-0.2, 0) is 43.2 Å². The second-order valence-electron chi connectivity index (χ2n) is 14.8. The van der Waals surface area contributed by atoms with Gasteiger partial charge in [-0.15, -0.1) is 0 Å². The third-order valence-corrected chi connectivity index (χ3v) is 9.13. The number of aliphatic imine (C=N–C) groups is 1. The minimum absolute atomic E-state index is 0.00291. The van der Waals surface area contributed by atoms with Crippen LogP contribution < -0.4 is 60.6 Å². The zero-order valence-corrected chi connectivity index (χ0v) is 34.7. The van der Waals surface area contributed by atoms with Crippen molar-refractivity contribution in [3.63, 3.8) is 0 Å². The molecule has 0 aliphatic carbocycles. The fourth-order valence-corrected chi connectivity index (χ4v) is 5.56. The van der Waals surface area contributed by atoms with Gasteiger partial charge >= 0.3 is 11.9 Å². The summed E-state index contributed by atoms with van der Waals surface area (Å²) in [5.41, 5.74) is 27.3. The summed E-state index contributed by atoms with van der Waals surface area (Å²) in [5, 5.41) is 43.2. The Morgan fingerprint density at radius 3 is 1.62 bits per heavy atom. The van der Waals surface area contributed by atoms with Crippen molar-refractivity contribution >= 4 is 59.2 Å². The number of nitrogens with zero attached hydrogens (tertiary/aromatic N) is 1. The van der Waals surface area contributed by atoms with Gasteiger partial charge in [0.25, 0.3) is 0 Å². The van der Waals surface area contributed by atoms with Gasteiger partial charge in [-0.05, 0) is 63.3 Å². The van der Waals surface area contributed by atoms with Gasteiger partial charge in [-0.1, -0.05) is 34.1 Å². The van der Waals surface area contributed by atoms with Crippen molar-refractivity contribution in [2.75, 3.05) is 19.7 Å². The molecule has 19 N–H and O–H groups in total. The fourth-order valence-electron chi connectivity index (χ4n) is 5.56. The topological polar surface area (TPSA) is 429 Å². The highest BCUT2D eigenvalue weighted by molar-refractivity contribution is 5.97. The van der Waals surface area contributed by atoms with Crippen LogP contribution in [-0.4, -0.2) is 137 Å². The van der Waals surface area contributed by atoms with E-state index in [4.69, 9.17) is 33.8 Å². The van der Waals surface area contributed by atoms with Crippen molar-refractivity contribution in [2.24, 2.45) is 45.5 Å². The highest BCUT2D eigenvalue weighted by atomic mass is 16.4. The van der Waals surface area contributed by atoms with Crippen LogP contribution >= 0.6 is 0 Å². The Balaban J connectivity index is 6.31. The minimum atomic E-state index is -1.66. The Bertz CT molecular complexity index is 1490. The van der Waals surface area contributed by atoms with Gasteiger partial charge in [-0.2, -0.15) is 0 Å². The third kappa shape index (κ3) is 21.9. The van der Waals surface area contributed by atoms with Crippen molar-refractivity contribution in [3.05, 3.63) is 0 Å².